The summed E-state index contributed by atoms with van der Waals surface area (Å²) in [6.45, 7) is 1.90. The first-order valence-corrected chi connectivity index (χ1v) is 6.00. The van der Waals surface area contributed by atoms with Crippen LogP contribution in [0.5, 0.6) is 0 Å². The van der Waals surface area contributed by atoms with Crippen LogP contribution in [0.1, 0.15) is 5.56 Å². The third kappa shape index (κ3) is 2.86. The Hall–Kier alpha value is -1.45. The predicted octanol–water partition coefficient (Wildman–Crippen LogP) is 4.77. The fraction of sp³-hybridized carbons (Fsp3) is 0.0769. The molecule has 0 atom stereocenters. The Kier molecular flexibility index (Phi) is 3.64. The van der Waals surface area contributed by atoms with Crippen molar-refractivity contribution in [3.05, 3.63) is 51.8 Å². The van der Waals surface area contributed by atoms with Crippen LogP contribution in [0, 0.1) is 12.7 Å². The first kappa shape index (κ1) is 13.0. The molecule has 0 heterocycles. The van der Waals surface area contributed by atoms with E-state index in [1.165, 1.54) is 12.1 Å². The summed E-state index contributed by atoms with van der Waals surface area (Å²) < 4.78 is 13.2. The molecule has 18 heavy (non-hydrogen) atoms. The van der Waals surface area contributed by atoms with Gasteiger partial charge in [-0.3, -0.25) is 0 Å². The highest BCUT2D eigenvalue weighted by Gasteiger charge is 2.07. The van der Waals surface area contributed by atoms with Crippen LogP contribution in [0.2, 0.25) is 10.0 Å². The van der Waals surface area contributed by atoms with Crippen molar-refractivity contribution in [2.75, 3.05) is 11.1 Å². The van der Waals surface area contributed by atoms with Crippen LogP contribution < -0.4 is 11.1 Å². The Labute approximate surface area is 115 Å². The fourth-order valence-electron chi connectivity index (χ4n) is 1.67. The van der Waals surface area contributed by atoms with Gasteiger partial charge in [-0.05, 0) is 42.8 Å². The van der Waals surface area contributed by atoms with Gasteiger partial charge in [-0.1, -0.05) is 23.2 Å². The molecule has 94 valence electrons. The maximum atomic E-state index is 13.2. The van der Waals surface area contributed by atoms with Crippen LogP contribution in [0.3, 0.4) is 0 Å². The fourth-order valence-corrected chi connectivity index (χ4v) is 2.05. The molecule has 0 aliphatic heterocycles. The number of nitrogen functional groups attached to an aromatic ring is 1. The Balaban J connectivity index is 2.39. The first-order chi connectivity index (χ1) is 8.45. The Morgan fingerprint density at radius 1 is 1.11 bits per heavy atom. The van der Waals surface area contributed by atoms with E-state index in [0.29, 0.717) is 27.1 Å². The average Bonchev–Trinajstić information content (AvgIpc) is 2.23. The second kappa shape index (κ2) is 5.04. The van der Waals surface area contributed by atoms with Gasteiger partial charge in [-0.15, -0.1) is 0 Å². The van der Waals surface area contributed by atoms with Crippen LogP contribution >= 0.6 is 23.2 Å². The van der Waals surface area contributed by atoms with E-state index in [0.717, 1.165) is 5.56 Å². The van der Waals surface area contributed by atoms with E-state index >= 15 is 0 Å². The number of nitrogens with one attached hydrogen (secondary N) is 1. The molecular formula is C13H11Cl2FN2. The lowest BCUT2D eigenvalue weighted by Crippen LogP contribution is -1.96. The van der Waals surface area contributed by atoms with Crippen LogP contribution in [0.25, 0.3) is 0 Å². The van der Waals surface area contributed by atoms with Crippen LogP contribution in [0.4, 0.5) is 21.5 Å². The van der Waals surface area contributed by atoms with Crippen molar-refractivity contribution in [2.24, 2.45) is 0 Å². The van der Waals surface area contributed by atoms with E-state index in [-0.39, 0.29) is 0 Å². The Morgan fingerprint density at radius 3 is 2.50 bits per heavy atom. The Morgan fingerprint density at radius 2 is 1.83 bits per heavy atom. The molecule has 0 radical (unpaired) electrons. The summed E-state index contributed by atoms with van der Waals surface area (Å²) in [4.78, 5) is 0. The minimum Gasteiger partial charge on any atom is -0.397 e. The first-order valence-electron chi connectivity index (χ1n) is 5.24. The summed E-state index contributed by atoms with van der Waals surface area (Å²) in [6, 6.07) is 7.78. The molecule has 2 rings (SSSR count). The van der Waals surface area contributed by atoms with Gasteiger partial charge in [0, 0.05) is 10.7 Å². The smallest absolute Gasteiger partial charge is 0.126 e. The third-order valence-corrected chi connectivity index (χ3v) is 3.03. The SMILES string of the molecule is Cc1cc(N)c(Cl)c(Nc2cc(F)cc(Cl)c2)c1. The standard InChI is InChI=1S/C13H11Cl2FN2/c1-7-2-11(17)13(15)12(3-7)18-10-5-8(14)4-9(16)6-10/h2-6,18H,17H2,1H3. The molecule has 0 bridgehead atoms. The van der Waals surface area contributed by atoms with Crippen LogP contribution in [-0.2, 0) is 0 Å². The number of hydrogen-bond donors (Lipinski definition) is 2. The summed E-state index contributed by atoms with van der Waals surface area (Å²) >= 11 is 11.9. The van der Waals surface area contributed by atoms with Gasteiger partial charge in [0.05, 0.1) is 16.4 Å². The Bertz CT molecular complexity index is 580. The second-order valence-corrected chi connectivity index (χ2v) is 4.81. The van der Waals surface area contributed by atoms with Crippen LogP contribution in [0.15, 0.2) is 30.3 Å². The normalized spacial score (nSPS) is 10.4. The molecular weight excluding hydrogens is 274 g/mol. The molecule has 0 saturated carbocycles. The maximum Gasteiger partial charge on any atom is 0.126 e. The molecule has 0 aliphatic rings. The molecule has 5 heteroatoms. The minimum atomic E-state index is -0.415. The van der Waals surface area contributed by atoms with Crippen molar-refractivity contribution in [3.63, 3.8) is 0 Å². The highest BCUT2D eigenvalue weighted by atomic mass is 35.5. The maximum absolute atomic E-state index is 13.2. The highest BCUT2D eigenvalue weighted by molar-refractivity contribution is 6.36. The number of aryl methyl sites for hydroxylation is 1. The largest absolute Gasteiger partial charge is 0.397 e. The van der Waals surface area contributed by atoms with Gasteiger partial charge in [0.1, 0.15) is 5.82 Å². The number of nitrogens with two attached hydrogens (primary N) is 1. The average molecular weight is 285 g/mol. The summed E-state index contributed by atoms with van der Waals surface area (Å²) in [7, 11) is 0. The van der Waals surface area contributed by atoms with Gasteiger partial charge in [-0.25, -0.2) is 4.39 Å². The van der Waals surface area contributed by atoms with Crippen molar-refractivity contribution in [2.45, 2.75) is 6.92 Å². The molecule has 3 N–H and O–H groups in total. The molecule has 0 amide bonds. The summed E-state index contributed by atoms with van der Waals surface area (Å²) in [5.41, 5.74) is 8.34. The van der Waals surface area contributed by atoms with E-state index in [1.54, 1.807) is 12.1 Å². The lowest BCUT2D eigenvalue weighted by atomic mass is 10.2. The van der Waals surface area contributed by atoms with Crippen molar-refractivity contribution in [1.82, 2.24) is 0 Å². The zero-order valence-corrected chi connectivity index (χ0v) is 11.1. The lowest BCUT2D eigenvalue weighted by Gasteiger charge is -2.11. The van der Waals surface area contributed by atoms with Crippen LogP contribution in [-0.4, -0.2) is 0 Å². The van der Waals surface area contributed by atoms with Gasteiger partial charge >= 0.3 is 0 Å². The summed E-state index contributed by atoms with van der Waals surface area (Å²) in [6.07, 6.45) is 0. The zero-order chi connectivity index (χ0) is 13.3. The van der Waals surface area contributed by atoms with Crippen molar-refractivity contribution in [3.8, 4) is 0 Å². The minimum absolute atomic E-state index is 0.314. The summed E-state index contributed by atoms with van der Waals surface area (Å²) in [5.74, 6) is -0.415. The number of hydrogen-bond acceptors (Lipinski definition) is 2. The van der Waals surface area contributed by atoms with Crippen molar-refractivity contribution in [1.29, 1.82) is 0 Å². The summed E-state index contributed by atoms with van der Waals surface area (Å²) in [5, 5.41) is 3.72. The van der Waals surface area contributed by atoms with Crippen molar-refractivity contribution < 1.29 is 4.39 Å². The van der Waals surface area contributed by atoms with Gasteiger partial charge in [0.2, 0.25) is 0 Å². The molecule has 0 spiro atoms. The second-order valence-electron chi connectivity index (χ2n) is 4.00. The lowest BCUT2D eigenvalue weighted by molar-refractivity contribution is 0.628. The molecule has 2 nitrogen and oxygen atoms in total. The monoisotopic (exact) mass is 284 g/mol. The van der Waals surface area contributed by atoms with Gasteiger partial charge in [0.15, 0.2) is 0 Å². The number of benzene rings is 2. The third-order valence-electron chi connectivity index (χ3n) is 2.39. The highest BCUT2D eigenvalue weighted by Crippen LogP contribution is 2.32. The molecule has 2 aromatic rings. The van der Waals surface area contributed by atoms with Gasteiger partial charge < -0.3 is 11.1 Å². The van der Waals surface area contributed by atoms with E-state index in [2.05, 4.69) is 5.32 Å². The van der Waals surface area contributed by atoms with Gasteiger partial charge in [0.25, 0.3) is 0 Å². The predicted molar refractivity (Wildman–Crippen MR) is 75.3 cm³/mol. The molecule has 0 saturated heterocycles. The van der Waals surface area contributed by atoms with Gasteiger partial charge in [-0.2, -0.15) is 0 Å². The van der Waals surface area contributed by atoms with E-state index in [4.69, 9.17) is 28.9 Å². The molecule has 0 aliphatic carbocycles. The molecule has 0 aromatic heterocycles. The van der Waals surface area contributed by atoms with E-state index < -0.39 is 5.82 Å². The molecule has 2 aromatic carbocycles. The van der Waals surface area contributed by atoms with E-state index in [9.17, 15) is 4.39 Å². The zero-order valence-electron chi connectivity index (χ0n) is 9.60. The number of rotatable bonds is 2. The molecule has 0 fully saturated rings. The van der Waals surface area contributed by atoms with Crippen molar-refractivity contribution >= 4 is 40.3 Å². The van der Waals surface area contributed by atoms with E-state index in [1.807, 2.05) is 13.0 Å². The number of anilines is 3. The quantitative estimate of drug-likeness (QED) is 0.780. The topological polar surface area (TPSA) is 38.0 Å². The number of halogens is 3. The molecule has 0 unspecified atom stereocenters.